The van der Waals surface area contributed by atoms with E-state index in [1.807, 2.05) is 24.3 Å². The van der Waals surface area contributed by atoms with Gasteiger partial charge in [0, 0.05) is 32.9 Å². The van der Waals surface area contributed by atoms with E-state index in [-0.39, 0.29) is 10.6 Å². The highest BCUT2D eigenvalue weighted by Crippen LogP contribution is 2.33. The monoisotopic (exact) mass is 290 g/mol. The van der Waals surface area contributed by atoms with E-state index in [0.29, 0.717) is 4.47 Å². The summed E-state index contributed by atoms with van der Waals surface area (Å²) in [6, 6.07) is 10.9. The number of rotatable bonds is 1. The molecule has 1 N–H and O–H groups in total. The molecule has 0 aliphatic heterocycles. The molecule has 2 aromatic carbocycles. The maximum Gasteiger partial charge on any atom is 0.271 e. The summed E-state index contributed by atoms with van der Waals surface area (Å²) >= 11 is 3.36. The van der Waals surface area contributed by atoms with Gasteiger partial charge in [0.05, 0.1) is 10.4 Å². The van der Waals surface area contributed by atoms with Gasteiger partial charge in [0.15, 0.2) is 0 Å². The average Bonchev–Trinajstić information content (AvgIpc) is 2.68. The van der Waals surface area contributed by atoms with Gasteiger partial charge in [-0.1, -0.05) is 18.2 Å². The summed E-state index contributed by atoms with van der Waals surface area (Å²) in [5, 5.41) is 12.7. The van der Waals surface area contributed by atoms with E-state index in [1.165, 1.54) is 6.07 Å². The van der Waals surface area contributed by atoms with Crippen molar-refractivity contribution in [3.63, 3.8) is 0 Å². The number of nitro groups is 1. The van der Waals surface area contributed by atoms with Crippen LogP contribution in [0, 0.1) is 10.1 Å². The second kappa shape index (κ2) is 3.56. The SMILES string of the molecule is O=[N+]([O-])c1cc(Br)c2[nH]c3ccccc3c2c1. The molecule has 1 heterocycles. The fourth-order valence-corrected chi connectivity index (χ4v) is 2.55. The molecular formula is C12H7BrN2O2. The van der Waals surface area contributed by atoms with Gasteiger partial charge in [0.2, 0.25) is 0 Å². The van der Waals surface area contributed by atoms with Crippen LogP contribution in [0.15, 0.2) is 40.9 Å². The number of fused-ring (bicyclic) bond motifs is 3. The first-order valence-electron chi connectivity index (χ1n) is 5.01. The Morgan fingerprint density at radius 3 is 2.71 bits per heavy atom. The predicted molar refractivity (Wildman–Crippen MR) is 70.2 cm³/mol. The molecule has 3 rings (SSSR count). The average molecular weight is 291 g/mol. The Hall–Kier alpha value is -1.88. The summed E-state index contributed by atoms with van der Waals surface area (Å²) in [5.74, 6) is 0. The molecule has 17 heavy (non-hydrogen) atoms. The number of aromatic nitrogens is 1. The van der Waals surface area contributed by atoms with Crippen LogP contribution in [0.2, 0.25) is 0 Å². The molecule has 84 valence electrons. The van der Waals surface area contributed by atoms with Crippen molar-refractivity contribution in [2.75, 3.05) is 0 Å². The van der Waals surface area contributed by atoms with Crippen molar-refractivity contribution in [1.82, 2.24) is 4.98 Å². The Morgan fingerprint density at radius 1 is 1.18 bits per heavy atom. The van der Waals surface area contributed by atoms with Crippen LogP contribution in [0.1, 0.15) is 0 Å². The van der Waals surface area contributed by atoms with Crippen LogP contribution in [0.3, 0.4) is 0 Å². The lowest BCUT2D eigenvalue weighted by Crippen LogP contribution is -1.87. The molecule has 0 aliphatic rings. The number of benzene rings is 2. The van der Waals surface area contributed by atoms with Crippen LogP contribution in [-0.2, 0) is 0 Å². The molecule has 4 nitrogen and oxygen atoms in total. The van der Waals surface area contributed by atoms with E-state index in [0.717, 1.165) is 21.8 Å². The van der Waals surface area contributed by atoms with Gasteiger partial charge in [0.25, 0.3) is 5.69 Å². The van der Waals surface area contributed by atoms with Gasteiger partial charge in [0.1, 0.15) is 0 Å². The number of non-ortho nitro benzene ring substituents is 1. The maximum atomic E-state index is 10.8. The van der Waals surface area contributed by atoms with Crippen molar-refractivity contribution in [2.24, 2.45) is 0 Å². The third kappa shape index (κ3) is 1.51. The fourth-order valence-electron chi connectivity index (χ4n) is 2.00. The van der Waals surface area contributed by atoms with Gasteiger partial charge in [-0.05, 0) is 22.0 Å². The molecular weight excluding hydrogens is 284 g/mol. The smallest absolute Gasteiger partial charge is 0.271 e. The Labute approximate surface area is 105 Å². The number of nitro benzene ring substituents is 1. The zero-order valence-electron chi connectivity index (χ0n) is 8.61. The van der Waals surface area contributed by atoms with Crippen molar-refractivity contribution in [3.05, 3.63) is 51.0 Å². The number of nitrogens with zero attached hydrogens (tertiary/aromatic N) is 1. The van der Waals surface area contributed by atoms with Crippen LogP contribution < -0.4 is 0 Å². The van der Waals surface area contributed by atoms with Gasteiger partial charge in [-0.15, -0.1) is 0 Å². The lowest BCUT2D eigenvalue weighted by molar-refractivity contribution is -0.384. The number of nitrogens with one attached hydrogen (secondary N) is 1. The van der Waals surface area contributed by atoms with Crippen LogP contribution in [-0.4, -0.2) is 9.91 Å². The molecule has 3 aromatic rings. The minimum absolute atomic E-state index is 0.0918. The van der Waals surface area contributed by atoms with Crippen LogP contribution in [0.4, 0.5) is 5.69 Å². The second-order valence-electron chi connectivity index (χ2n) is 3.78. The number of aromatic amines is 1. The molecule has 5 heteroatoms. The zero-order valence-corrected chi connectivity index (χ0v) is 10.2. The van der Waals surface area contributed by atoms with E-state index in [9.17, 15) is 10.1 Å². The van der Waals surface area contributed by atoms with Gasteiger partial charge < -0.3 is 4.98 Å². The lowest BCUT2D eigenvalue weighted by atomic mass is 10.1. The molecule has 0 atom stereocenters. The van der Waals surface area contributed by atoms with Gasteiger partial charge in [-0.2, -0.15) is 0 Å². The summed E-state index contributed by atoms with van der Waals surface area (Å²) in [6.07, 6.45) is 0. The van der Waals surface area contributed by atoms with E-state index in [2.05, 4.69) is 20.9 Å². The molecule has 0 fully saturated rings. The van der Waals surface area contributed by atoms with E-state index in [1.54, 1.807) is 6.07 Å². The van der Waals surface area contributed by atoms with E-state index >= 15 is 0 Å². The van der Waals surface area contributed by atoms with Crippen LogP contribution in [0.25, 0.3) is 21.8 Å². The first kappa shape index (κ1) is 10.3. The van der Waals surface area contributed by atoms with E-state index in [4.69, 9.17) is 0 Å². The summed E-state index contributed by atoms with van der Waals surface area (Å²) in [6.45, 7) is 0. The molecule has 0 spiro atoms. The highest BCUT2D eigenvalue weighted by molar-refractivity contribution is 9.10. The zero-order chi connectivity index (χ0) is 12.0. The highest BCUT2D eigenvalue weighted by Gasteiger charge is 2.13. The summed E-state index contributed by atoms with van der Waals surface area (Å²) in [4.78, 5) is 13.7. The minimum Gasteiger partial charge on any atom is -0.354 e. The highest BCUT2D eigenvalue weighted by atomic mass is 79.9. The second-order valence-corrected chi connectivity index (χ2v) is 4.63. The number of hydrogen-bond donors (Lipinski definition) is 1. The van der Waals surface area contributed by atoms with Crippen molar-refractivity contribution in [1.29, 1.82) is 0 Å². The normalized spacial score (nSPS) is 11.1. The number of halogens is 1. The molecule has 0 bridgehead atoms. The molecule has 0 aliphatic carbocycles. The van der Waals surface area contributed by atoms with Gasteiger partial charge in [-0.25, -0.2) is 0 Å². The first-order valence-corrected chi connectivity index (χ1v) is 5.80. The molecule has 0 saturated heterocycles. The topological polar surface area (TPSA) is 58.9 Å². The molecule has 0 radical (unpaired) electrons. The standard InChI is InChI=1S/C12H7BrN2O2/c13-10-6-7(15(16)17)5-9-8-3-1-2-4-11(8)14-12(9)10/h1-6,14H. The fraction of sp³-hybridized carbons (Fsp3) is 0. The van der Waals surface area contributed by atoms with Gasteiger partial charge in [-0.3, -0.25) is 10.1 Å². The Kier molecular flexibility index (Phi) is 2.16. The van der Waals surface area contributed by atoms with Crippen LogP contribution >= 0.6 is 15.9 Å². The van der Waals surface area contributed by atoms with Gasteiger partial charge >= 0.3 is 0 Å². The minimum atomic E-state index is -0.383. The Balaban J connectivity index is 2.50. The summed E-state index contributed by atoms with van der Waals surface area (Å²) in [7, 11) is 0. The quantitative estimate of drug-likeness (QED) is 0.544. The van der Waals surface area contributed by atoms with Crippen molar-refractivity contribution in [2.45, 2.75) is 0 Å². The first-order chi connectivity index (χ1) is 8.16. The lowest BCUT2D eigenvalue weighted by Gasteiger charge is -1.96. The molecule has 1 aromatic heterocycles. The maximum absolute atomic E-state index is 10.8. The third-order valence-electron chi connectivity index (χ3n) is 2.76. The molecule has 0 saturated carbocycles. The predicted octanol–water partition coefficient (Wildman–Crippen LogP) is 3.99. The largest absolute Gasteiger partial charge is 0.354 e. The van der Waals surface area contributed by atoms with Crippen molar-refractivity contribution < 1.29 is 4.92 Å². The number of H-pyrrole nitrogens is 1. The summed E-state index contributed by atoms with van der Waals surface area (Å²) in [5.41, 5.74) is 1.95. The molecule has 0 unspecified atom stereocenters. The number of hydrogen-bond acceptors (Lipinski definition) is 2. The Morgan fingerprint density at radius 2 is 1.94 bits per heavy atom. The molecule has 0 amide bonds. The third-order valence-corrected chi connectivity index (χ3v) is 3.39. The van der Waals surface area contributed by atoms with Crippen LogP contribution in [0.5, 0.6) is 0 Å². The van der Waals surface area contributed by atoms with Crippen molar-refractivity contribution >= 4 is 43.4 Å². The Bertz CT molecular complexity index is 749. The van der Waals surface area contributed by atoms with Crippen molar-refractivity contribution in [3.8, 4) is 0 Å². The summed E-state index contributed by atoms with van der Waals surface area (Å²) < 4.78 is 0.706. The number of para-hydroxylation sites is 1. The van der Waals surface area contributed by atoms with E-state index < -0.39 is 0 Å².